The summed E-state index contributed by atoms with van der Waals surface area (Å²) in [6.07, 6.45) is 0. The number of hydrazone groups is 1. The molecule has 0 saturated heterocycles. The van der Waals surface area contributed by atoms with Crippen LogP contribution in [0.25, 0.3) is 0 Å². The summed E-state index contributed by atoms with van der Waals surface area (Å²) in [4.78, 5) is -1.14. The van der Waals surface area contributed by atoms with E-state index < -0.39 is 47.4 Å². The molecule has 0 saturated carbocycles. The summed E-state index contributed by atoms with van der Waals surface area (Å²) in [5.74, 6) is -1.83. The Hall–Kier alpha value is -3.58. The van der Waals surface area contributed by atoms with Crippen LogP contribution in [0, 0.1) is 11.3 Å². The van der Waals surface area contributed by atoms with E-state index in [0.717, 1.165) is 36.4 Å². The molecule has 5 N–H and O–H groups in total. The minimum atomic E-state index is -4.53. The summed E-state index contributed by atoms with van der Waals surface area (Å²) in [5.41, 5.74) is 1.87. The van der Waals surface area contributed by atoms with Gasteiger partial charge in [0.1, 0.15) is 23.3 Å². The maximum Gasteiger partial charge on any atom is 0.294 e. The van der Waals surface area contributed by atoms with Gasteiger partial charge in [0.25, 0.3) is 26.1 Å². The van der Waals surface area contributed by atoms with Crippen molar-refractivity contribution in [3.8, 4) is 17.6 Å². The van der Waals surface area contributed by atoms with Gasteiger partial charge in [0.05, 0.1) is 15.5 Å². The molecule has 0 aliphatic carbocycles. The Balaban J connectivity index is 2.23. The number of nitriles is 1. The van der Waals surface area contributed by atoms with Crippen LogP contribution in [0.4, 0.5) is 11.4 Å². The Morgan fingerprint density at radius 1 is 0.931 bits per heavy atom. The summed E-state index contributed by atoms with van der Waals surface area (Å²) >= 11 is 0. The third kappa shape index (κ3) is 5.70. The summed E-state index contributed by atoms with van der Waals surface area (Å²) in [5, 5.41) is 38.9. The van der Waals surface area contributed by atoms with Crippen molar-refractivity contribution in [3.05, 3.63) is 36.4 Å². The van der Waals surface area contributed by atoms with Gasteiger partial charge in [-0.2, -0.15) is 22.1 Å². The molecule has 0 amide bonds. The zero-order valence-corrected chi connectivity index (χ0v) is 15.6. The average Bonchev–Trinajstić information content (AvgIpc) is 2.62. The first-order chi connectivity index (χ1) is 13.4. The van der Waals surface area contributed by atoms with Crippen molar-refractivity contribution in [1.82, 2.24) is 0 Å². The van der Waals surface area contributed by atoms with Gasteiger partial charge in [-0.1, -0.05) is 0 Å². The number of benzene rings is 2. The SMILES string of the molecule is N#CC(N=Nc1ccc(S(=O)(=O)O)cc1O)=NNc1ccc(S(=O)(=O)O)cc1O. The molecular formula is C14H11N5O8S2. The minimum Gasteiger partial charge on any atom is -0.506 e. The van der Waals surface area contributed by atoms with E-state index >= 15 is 0 Å². The van der Waals surface area contributed by atoms with Gasteiger partial charge in [0, 0.05) is 12.1 Å². The third-order valence-electron chi connectivity index (χ3n) is 3.15. The Kier molecular flexibility index (Phi) is 6.14. The predicted molar refractivity (Wildman–Crippen MR) is 97.0 cm³/mol. The largest absolute Gasteiger partial charge is 0.506 e. The molecule has 0 heterocycles. The maximum absolute atomic E-state index is 11.0. The van der Waals surface area contributed by atoms with E-state index in [1.54, 1.807) is 6.07 Å². The second-order valence-electron chi connectivity index (χ2n) is 5.14. The molecule has 0 fully saturated rings. The van der Waals surface area contributed by atoms with E-state index in [2.05, 4.69) is 20.8 Å². The van der Waals surface area contributed by atoms with Crippen LogP contribution in [0.2, 0.25) is 0 Å². The van der Waals surface area contributed by atoms with Gasteiger partial charge in [0.15, 0.2) is 0 Å². The fourth-order valence-electron chi connectivity index (χ4n) is 1.80. The van der Waals surface area contributed by atoms with E-state index in [-0.39, 0.29) is 11.4 Å². The van der Waals surface area contributed by atoms with Crippen LogP contribution in [-0.2, 0) is 20.2 Å². The van der Waals surface area contributed by atoms with Crippen LogP contribution in [0.1, 0.15) is 0 Å². The molecule has 2 aromatic carbocycles. The molecule has 0 aliphatic heterocycles. The highest BCUT2D eigenvalue weighted by atomic mass is 32.2. The molecule has 29 heavy (non-hydrogen) atoms. The Morgan fingerprint density at radius 2 is 1.48 bits per heavy atom. The number of azo groups is 1. The quantitative estimate of drug-likeness (QED) is 0.113. The molecule has 2 rings (SSSR count). The first kappa shape index (κ1) is 21.7. The molecule has 15 heteroatoms. The third-order valence-corrected chi connectivity index (χ3v) is 4.85. The highest BCUT2D eigenvalue weighted by Gasteiger charge is 2.13. The lowest BCUT2D eigenvalue weighted by Gasteiger charge is -2.05. The van der Waals surface area contributed by atoms with Gasteiger partial charge in [-0.3, -0.25) is 14.5 Å². The number of nitrogens with zero attached hydrogens (tertiary/aromatic N) is 4. The minimum absolute atomic E-state index is 0.124. The van der Waals surface area contributed by atoms with Crippen LogP contribution in [0.15, 0.2) is 61.5 Å². The molecule has 0 bridgehead atoms. The fraction of sp³-hybridized carbons (Fsp3) is 0. The Labute approximate surface area is 163 Å². The standard InChI is InChI=1S/C14H11N5O8S2/c15-7-14(18-16-10-3-1-8(5-12(10)20)28(22,23)24)19-17-11-4-2-9(6-13(11)21)29(25,26)27/h1-6,16,20-21H,(H,22,23,24)(H,25,26,27). The molecule has 0 aliphatic rings. The lowest BCUT2D eigenvalue weighted by Crippen LogP contribution is -2.00. The molecule has 0 spiro atoms. The van der Waals surface area contributed by atoms with E-state index in [4.69, 9.17) is 14.4 Å². The van der Waals surface area contributed by atoms with Gasteiger partial charge in [-0.25, -0.2) is 0 Å². The average molecular weight is 441 g/mol. The Morgan fingerprint density at radius 3 is 1.97 bits per heavy atom. The van der Waals surface area contributed by atoms with Crippen LogP contribution in [-0.4, -0.2) is 42.0 Å². The van der Waals surface area contributed by atoms with Crippen molar-refractivity contribution in [1.29, 1.82) is 5.26 Å². The molecule has 0 unspecified atom stereocenters. The van der Waals surface area contributed by atoms with Crippen LogP contribution in [0.5, 0.6) is 11.5 Å². The summed E-state index contributed by atoms with van der Waals surface area (Å²) in [6.45, 7) is 0. The van der Waals surface area contributed by atoms with Crippen LogP contribution < -0.4 is 5.43 Å². The van der Waals surface area contributed by atoms with Gasteiger partial charge in [-0.15, -0.1) is 15.3 Å². The number of aromatic hydroxyl groups is 2. The molecule has 0 radical (unpaired) electrons. The number of nitrogens with one attached hydrogen (secondary N) is 1. The van der Waals surface area contributed by atoms with E-state index in [0.29, 0.717) is 0 Å². The highest BCUT2D eigenvalue weighted by molar-refractivity contribution is 7.86. The van der Waals surface area contributed by atoms with E-state index in [1.807, 2.05) is 0 Å². The molecule has 0 aromatic heterocycles. The normalized spacial score (nSPS) is 12.7. The molecule has 2 aromatic rings. The second-order valence-corrected chi connectivity index (χ2v) is 7.98. The van der Waals surface area contributed by atoms with Gasteiger partial charge >= 0.3 is 0 Å². The van der Waals surface area contributed by atoms with Crippen molar-refractivity contribution in [2.24, 2.45) is 15.3 Å². The number of hydrogen-bond donors (Lipinski definition) is 5. The van der Waals surface area contributed by atoms with E-state index in [1.165, 1.54) is 0 Å². The second kappa shape index (κ2) is 8.20. The zero-order valence-electron chi connectivity index (χ0n) is 14.0. The predicted octanol–water partition coefficient (Wildman–Crippen LogP) is 1.62. The van der Waals surface area contributed by atoms with Crippen molar-refractivity contribution in [2.45, 2.75) is 9.79 Å². The Bertz CT molecular complexity index is 1260. The van der Waals surface area contributed by atoms with Crippen LogP contribution >= 0.6 is 0 Å². The number of phenols is 2. The van der Waals surface area contributed by atoms with Crippen molar-refractivity contribution in [2.75, 3.05) is 5.43 Å². The zero-order chi connectivity index (χ0) is 21.8. The van der Waals surface area contributed by atoms with Crippen molar-refractivity contribution >= 4 is 37.4 Å². The molecule has 0 atom stereocenters. The lowest BCUT2D eigenvalue weighted by molar-refractivity contribution is 0.467. The number of rotatable bonds is 5. The number of anilines is 1. The van der Waals surface area contributed by atoms with Gasteiger partial charge in [-0.05, 0) is 24.3 Å². The maximum atomic E-state index is 11.0. The molecule has 13 nitrogen and oxygen atoms in total. The first-order valence-electron chi connectivity index (χ1n) is 7.18. The number of hydrogen-bond acceptors (Lipinski definition) is 10. The lowest BCUT2D eigenvalue weighted by atomic mass is 10.3. The fourth-order valence-corrected chi connectivity index (χ4v) is 2.80. The summed E-state index contributed by atoms with van der Waals surface area (Å²) in [6, 6.07) is 7.01. The molecule has 152 valence electrons. The monoisotopic (exact) mass is 441 g/mol. The smallest absolute Gasteiger partial charge is 0.294 e. The van der Waals surface area contributed by atoms with Gasteiger partial charge in [0.2, 0.25) is 0 Å². The number of phenolic OH excluding ortho intramolecular Hbond substituents is 2. The van der Waals surface area contributed by atoms with Crippen molar-refractivity contribution < 1.29 is 36.2 Å². The number of amidine groups is 1. The van der Waals surface area contributed by atoms with Gasteiger partial charge < -0.3 is 10.2 Å². The topological polar surface area (TPSA) is 222 Å². The first-order valence-corrected chi connectivity index (χ1v) is 10.1. The molecular weight excluding hydrogens is 430 g/mol. The summed E-state index contributed by atoms with van der Waals surface area (Å²) in [7, 11) is -9.05. The summed E-state index contributed by atoms with van der Waals surface area (Å²) < 4.78 is 61.7. The van der Waals surface area contributed by atoms with E-state index in [9.17, 15) is 27.0 Å². The van der Waals surface area contributed by atoms with Crippen molar-refractivity contribution in [3.63, 3.8) is 0 Å². The highest BCUT2D eigenvalue weighted by Crippen LogP contribution is 2.29. The van der Waals surface area contributed by atoms with Crippen LogP contribution in [0.3, 0.4) is 0 Å².